The first-order valence-corrected chi connectivity index (χ1v) is 11.4. The van der Waals surface area contributed by atoms with Gasteiger partial charge >= 0.3 is 0 Å². The Hall–Kier alpha value is -2.90. The summed E-state index contributed by atoms with van der Waals surface area (Å²) in [4.78, 5) is 16.8. The van der Waals surface area contributed by atoms with Crippen molar-refractivity contribution in [2.75, 3.05) is 44.7 Å². The monoisotopic (exact) mass is 423 g/mol. The van der Waals surface area contributed by atoms with Gasteiger partial charge < -0.3 is 9.80 Å². The van der Waals surface area contributed by atoms with E-state index in [0.29, 0.717) is 31.1 Å². The number of likely N-dealkylation sites (N-methyl/N-ethyl adjacent to an activating group) is 1. The van der Waals surface area contributed by atoms with Crippen molar-refractivity contribution in [2.45, 2.75) is 4.90 Å². The number of piperazine rings is 1. The largest absolute Gasteiger partial charge is 0.365 e. The van der Waals surface area contributed by atoms with E-state index < -0.39 is 10.0 Å². The van der Waals surface area contributed by atoms with Gasteiger partial charge in [0.1, 0.15) is 0 Å². The summed E-state index contributed by atoms with van der Waals surface area (Å²) in [5, 5.41) is 2.30. The standard InChI is InChI=1S/C23H25N3O3S/c1-24(21-12-11-19-7-5-6-8-20(19)17-21)18-23(27)25-13-15-26(16-14-25)30(28,29)22-9-3-2-4-10-22/h2-12,17H,13-16,18H2,1H3. The number of carbonyl (C=O) groups is 1. The van der Waals surface area contributed by atoms with Crippen molar-refractivity contribution in [3.05, 3.63) is 72.8 Å². The molecule has 0 saturated carbocycles. The van der Waals surface area contributed by atoms with Crippen molar-refractivity contribution in [3.8, 4) is 0 Å². The molecule has 1 aliphatic rings. The molecular formula is C23H25N3O3S. The van der Waals surface area contributed by atoms with Gasteiger partial charge in [-0.1, -0.05) is 48.5 Å². The number of amides is 1. The molecule has 1 saturated heterocycles. The zero-order chi connectivity index (χ0) is 21.1. The Morgan fingerprint density at radius 2 is 1.50 bits per heavy atom. The van der Waals surface area contributed by atoms with Crippen LogP contribution in [0.1, 0.15) is 0 Å². The summed E-state index contributed by atoms with van der Waals surface area (Å²) in [6.07, 6.45) is 0. The Kier molecular flexibility index (Phi) is 5.74. The number of carbonyl (C=O) groups excluding carboxylic acids is 1. The van der Waals surface area contributed by atoms with E-state index in [4.69, 9.17) is 0 Å². The Labute approximate surface area is 177 Å². The van der Waals surface area contributed by atoms with E-state index in [9.17, 15) is 13.2 Å². The second-order valence-corrected chi connectivity index (χ2v) is 9.42. The van der Waals surface area contributed by atoms with Gasteiger partial charge in [0.15, 0.2) is 0 Å². The molecule has 1 heterocycles. The Morgan fingerprint density at radius 1 is 0.867 bits per heavy atom. The fraction of sp³-hybridized carbons (Fsp3) is 0.261. The number of rotatable bonds is 5. The van der Waals surface area contributed by atoms with E-state index in [0.717, 1.165) is 16.5 Å². The van der Waals surface area contributed by atoms with Gasteiger partial charge in [0.25, 0.3) is 0 Å². The molecule has 0 aliphatic carbocycles. The second-order valence-electron chi connectivity index (χ2n) is 7.49. The van der Waals surface area contributed by atoms with Crippen LogP contribution in [0.2, 0.25) is 0 Å². The molecule has 30 heavy (non-hydrogen) atoms. The smallest absolute Gasteiger partial charge is 0.243 e. The van der Waals surface area contributed by atoms with Crippen LogP contribution in [0.4, 0.5) is 5.69 Å². The third kappa shape index (κ3) is 4.17. The van der Waals surface area contributed by atoms with Crippen molar-refractivity contribution in [2.24, 2.45) is 0 Å². The molecule has 3 aromatic carbocycles. The van der Waals surface area contributed by atoms with Crippen LogP contribution in [-0.4, -0.2) is 63.3 Å². The van der Waals surface area contributed by atoms with Crippen LogP contribution in [0.3, 0.4) is 0 Å². The Bertz CT molecular complexity index is 1140. The lowest BCUT2D eigenvalue weighted by Gasteiger charge is -2.35. The van der Waals surface area contributed by atoms with Crippen LogP contribution < -0.4 is 4.90 Å². The summed E-state index contributed by atoms with van der Waals surface area (Å²) in [5.74, 6) is 0.00224. The highest BCUT2D eigenvalue weighted by Gasteiger charge is 2.30. The average Bonchev–Trinajstić information content (AvgIpc) is 2.79. The van der Waals surface area contributed by atoms with E-state index >= 15 is 0 Å². The third-order valence-electron chi connectivity index (χ3n) is 5.52. The lowest BCUT2D eigenvalue weighted by atomic mass is 10.1. The molecule has 0 bridgehead atoms. The van der Waals surface area contributed by atoms with E-state index in [-0.39, 0.29) is 12.5 Å². The lowest BCUT2D eigenvalue weighted by Crippen LogP contribution is -2.52. The molecule has 4 rings (SSSR count). The fourth-order valence-corrected chi connectivity index (χ4v) is 5.17. The predicted molar refractivity (Wildman–Crippen MR) is 119 cm³/mol. The van der Waals surface area contributed by atoms with Crippen LogP contribution in [0.5, 0.6) is 0 Å². The van der Waals surface area contributed by atoms with Gasteiger partial charge in [0.2, 0.25) is 15.9 Å². The highest BCUT2D eigenvalue weighted by molar-refractivity contribution is 7.89. The van der Waals surface area contributed by atoms with Gasteiger partial charge in [-0.15, -0.1) is 0 Å². The maximum atomic E-state index is 12.8. The zero-order valence-electron chi connectivity index (χ0n) is 16.9. The number of hydrogen-bond acceptors (Lipinski definition) is 4. The summed E-state index contributed by atoms with van der Waals surface area (Å²) >= 11 is 0. The van der Waals surface area contributed by atoms with Crippen molar-refractivity contribution in [1.82, 2.24) is 9.21 Å². The van der Waals surface area contributed by atoms with Gasteiger partial charge in [-0.25, -0.2) is 8.42 Å². The van der Waals surface area contributed by atoms with E-state index in [1.807, 2.05) is 30.1 Å². The first-order valence-electron chi connectivity index (χ1n) is 9.98. The van der Waals surface area contributed by atoms with Crippen molar-refractivity contribution < 1.29 is 13.2 Å². The van der Waals surface area contributed by atoms with Gasteiger partial charge in [-0.2, -0.15) is 4.31 Å². The summed E-state index contributed by atoms with van der Waals surface area (Å²) in [5.41, 5.74) is 0.979. The highest BCUT2D eigenvalue weighted by atomic mass is 32.2. The molecule has 0 unspecified atom stereocenters. The molecule has 156 valence electrons. The minimum Gasteiger partial charge on any atom is -0.365 e. The maximum absolute atomic E-state index is 12.8. The minimum absolute atomic E-state index is 0.00224. The molecule has 6 nitrogen and oxygen atoms in total. The number of nitrogens with zero attached hydrogens (tertiary/aromatic N) is 3. The van der Waals surface area contributed by atoms with Gasteiger partial charge in [-0.3, -0.25) is 4.79 Å². The molecule has 0 atom stereocenters. The molecule has 1 aliphatic heterocycles. The topological polar surface area (TPSA) is 60.9 Å². The molecule has 1 amide bonds. The summed E-state index contributed by atoms with van der Waals surface area (Å²) in [6, 6.07) is 22.7. The molecule has 1 fully saturated rings. The van der Waals surface area contributed by atoms with Crippen molar-refractivity contribution >= 4 is 32.4 Å². The van der Waals surface area contributed by atoms with Gasteiger partial charge in [-0.05, 0) is 35.0 Å². The maximum Gasteiger partial charge on any atom is 0.243 e. The van der Waals surface area contributed by atoms with E-state index in [1.54, 1.807) is 35.2 Å². The highest BCUT2D eigenvalue weighted by Crippen LogP contribution is 2.22. The normalized spacial score (nSPS) is 15.3. The summed E-state index contributed by atoms with van der Waals surface area (Å²) in [6.45, 7) is 1.67. The SMILES string of the molecule is CN(CC(=O)N1CCN(S(=O)(=O)c2ccccc2)CC1)c1ccc2ccccc2c1. The van der Waals surface area contributed by atoms with Crippen LogP contribution in [-0.2, 0) is 14.8 Å². The number of hydrogen-bond donors (Lipinski definition) is 0. The van der Waals surface area contributed by atoms with E-state index in [2.05, 4.69) is 24.3 Å². The molecule has 0 radical (unpaired) electrons. The molecule has 3 aromatic rings. The molecular weight excluding hydrogens is 398 g/mol. The summed E-state index contributed by atoms with van der Waals surface area (Å²) < 4.78 is 27.0. The number of sulfonamides is 1. The Morgan fingerprint density at radius 3 is 2.20 bits per heavy atom. The third-order valence-corrected chi connectivity index (χ3v) is 7.43. The zero-order valence-corrected chi connectivity index (χ0v) is 17.8. The van der Waals surface area contributed by atoms with Gasteiger partial charge in [0.05, 0.1) is 11.4 Å². The Balaban J connectivity index is 1.37. The summed E-state index contributed by atoms with van der Waals surface area (Å²) in [7, 11) is -1.61. The first kappa shape index (κ1) is 20.4. The number of benzene rings is 3. The minimum atomic E-state index is -3.51. The molecule has 0 aromatic heterocycles. The fourth-order valence-electron chi connectivity index (χ4n) is 3.73. The van der Waals surface area contributed by atoms with Gasteiger partial charge in [0, 0.05) is 38.9 Å². The lowest BCUT2D eigenvalue weighted by molar-refractivity contribution is -0.130. The predicted octanol–water partition coefficient (Wildman–Crippen LogP) is 2.81. The molecule has 7 heteroatoms. The van der Waals surface area contributed by atoms with Crippen LogP contribution >= 0.6 is 0 Å². The first-order chi connectivity index (χ1) is 14.4. The van der Waals surface area contributed by atoms with E-state index in [1.165, 1.54) is 4.31 Å². The second kappa shape index (κ2) is 8.45. The van der Waals surface area contributed by atoms with Crippen molar-refractivity contribution in [3.63, 3.8) is 0 Å². The average molecular weight is 424 g/mol. The van der Waals surface area contributed by atoms with Crippen LogP contribution in [0, 0.1) is 0 Å². The molecule has 0 N–H and O–H groups in total. The number of anilines is 1. The number of fused-ring (bicyclic) bond motifs is 1. The van der Waals surface area contributed by atoms with Crippen LogP contribution in [0.15, 0.2) is 77.7 Å². The molecule has 0 spiro atoms. The quantitative estimate of drug-likeness (QED) is 0.633. The van der Waals surface area contributed by atoms with Crippen LogP contribution in [0.25, 0.3) is 10.8 Å². The van der Waals surface area contributed by atoms with Crippen molar-refractivity contribution in [1.29, 1.82) is 0 Å².